The molecular weight excluding hydrogens is 240 g/mol. The van der Waals surface area contributed by atoms with Gasteiger partial charge in [0.05, 0.1) is 11.1 Å². The summed E-state index contributed by atoms with van der Waals surface area (Å²) in [5, 5.41) is 8.90. The minimum absolute atomic E-state index is 0.00826. The maximum Gasteiger partial charge on any atom is 0.396 e. The lowest BCUT2D eigenvalue weighted by atomic mass is 9.81. The Hall–Kier alpha value is -1.62. The molecule has 0 saturated heterocycles. The van der Waals surface area contributed by atoms with Crippen LogP contribution in [-0.2, 0) is 10.2 Å². The number of para-hydroxylation sites is 1. The molecule has 0 atom stereocenters. The Balaban J connectivity index is 2.61. The lowest BCUT2D eigenvalue weighted by Crippen LogP contribution is -2.21. The van der Waals surface area contributed by atoms with Gasteiger partial charge in [-0.25, -0.2) is 4.79 Å². The number of carbonyl (C=O) groups is 1. The highest BCUT2D eigenvalue weighted by molar-refractivity contribution is 7.16. The van der Waals surface area contributed by atoms with Crippen molar-refractivity contribution in [1.82, 2.24) is 0 Å². The number of aliphatic carboxylic acids is 1. The van der Waals surface area contributed by atoms with Gasteiger partial charge in [-0.1, -0.05) is 37.3 Å². The van der Waals surface area contributed by atoms with Gasteiger partial charge in [-0.2, -0.15) is 0 Å². The molecule has 0 radical (unpaired) electrons. The summed E-state index contributed by atoms with van der Waals surface area (Å²) in [4.78, 5) is 21.7. The number of carboxylic acid groups (broad SMARTS) is 1. The molecule has 0 amide bonds. The van der Waals surface area contributed by atoms with Crippen LogP contribution in [0.2, 0.25) is 0 Å². The summed E-state index contributed by atoms with van der Waals surface area (Å²) >= 11 is 1.03. The van der Waals surface area contributed by atoms with Crippen molar-refractivity contribution in [1.29, 1.82) is 0 Å². The molecule has 0 aliphatic carbocycles. The first-order valence-corrected chi connectivity index (χ1v) is 5.97. The van der Waals surface area contributed by atoms with Gasteiger partial charge in [0.1, 0.15) is 0 Å². The van der Waals surface area contributed by atoms with Crippen molar-refractivity contribution >= 4 is 27.6 Å². The van der Waals surface area contributed by atoms with Crippen molar-refractivity contribution in [3.05, 3.63) is 33.5 Å². The zero-order valence-corrected chi connectivity index (χ0v) is 10.3. The lowest BCUT2D eigenvalue weighted by molar-refractivity contribution is -0.138. The zero-order chi connectivity index (χ0) is 12.6. The molecule has 17 heavy (non-hydrogen) atoms. The molecule has 0 fully saturated rings. The van der Waals surface area contributed by atoms with Crippen molar-refractivity contribution in [3.63, 3.8) is 0 Å². The van der Waals surface area contributed by atoms with E-state index in [1.165, 1.54) is 0 Å². The van der Waals surface area contributed by atoms with Crippen LogP contribution in [0.25, 0.3) is 10.3 Å². The molecule has 4 nitrogen and oxygen atoms in total. The number of benzene rings is 1. The van der Waals surface area contributed by atoms with E-state index in [4.69, 9.17) is 9.52 Å². The fourth-order valence-electron chi connectivity index (χ4n) is 1.90. The van der Waals surface area contributed by atoms with Gasteiger partial charge in [-0.15, -0.1) is 0 Å². The molecule has 0 spiro atoms. The molecule has 0 saturated carbocycles. The van der Waals surface area contributed by atoms with Crippen LogP contribution in [0.4, 0.5) is 0 Å². The predicted molar refractivity (Wildman–Crippen MR) is 65.6 cm³/mol. The number of fused-ring (bicyclic) bond motifs is 1. The molecule has 5 heteroatoms. The molecule has 1 N–H and O–H groups in total. The molecule has 0 bridgehead atoms. The van der Waals surface area contributed by atoms with E-state index in [0.29, 0.717) is 5.58 Å². The average Bonchev–Trinajstić information content (AvgIpc) is 2.54. The van der Waals surface area contributed by atoms with Gasteiger partial charge < -0.3 is 9.52 Å². The molecule has 1 heterocycles. The summed E-state index contributed by atoms with van der Waals surface area (Å²) in [5.74, 6) is -0.871. The second-order valence-electron chi connectivity index (χ2n) is 4.54. The smallest absolute Gasteiger partial charge is 0.396 e. The summed E-state index contributed by atoms with van der Waals surface area (Å²) in [5.41, 5.74) is 0.701. The summed E-state index contributed by atoms with van der Waals surface area (Å²) in [6.45, 7) is 3.65. The molecular formula is C12H12O4S. The fourth-order valence-corrected chi connectivity index (χ4v) is 2.60. The first kappa shape index (κ1) is 11.9. The quantitative estimate of drug-likeness (QED) is 0.911. The molecule has 1 aromatic carbocycles. The SMILES string of the molecule is CC(C)(CC(=O)O)c1cccc2sc(=O)oc12. The third-order valence-corrected chi connectivity index (χ3v) is 3.47. The third-order valence-electron chi connectivity index (χ3n) is 2.68. The second-order valence-corrected chi connectivity index (χ2v) is 5.52. The minimum Gasteiger partial charge on any atom is -0.481 e. The Kier molecular flexibility index (Phi) is 2.79. The Bertz CT molecular complexity index is 621. The van der Waals surface area contributed by atoms with Gasteiger partial charge in [-0.05, 0) is 6.07 Å². The summed E-state index contributed by atoms with van der Waals surface area (Å²) in [7, 11) is 0. The fraction of sp³-hybridized carbons (Fsp3) is 0.333. The van der Waals surface area contributed by atoms with E-state index in [2.05, 4.69) is 0 Å². The highest BCUT2D eigenvalue weighted by Gasteiger charge is 2.27. The molecule has 0 aliphatic rings. The minimum atomic E-state index is -0.871. The first-order chi connectivity index (χ1) is 7.90. The van der Waals surface area contributed by atoms with Gasteiger partial charge in [0.25, 0.3) is 0 Å². The van der Waals surface area contributed by atoms with Gasteiger partial charge in [0, 0.05) is 11.0 Å². The van der Waals surface area contributed by atoms with Crippen molar-refractivity contribution in [2.24, 2.45) is 0 Å². The van der Waals surface area contributed by atoms with Crippen LogP contribution in [0.15, 0.2) is 27.4 Å². The highest BCUT2D eigenvalue weighted by Crippen LogP contribution is 2.33. The van der Waals surface area contributed by atoms with Crippen LogP contribution in [0.1, 0.15) is 25.8 Å². The van der Waals surface area contributed by atoms with Crippen LogP contribution in [-0.4, -0.2) is 11.1 Å². The Morgan fingerprint density at radius 3 is 2.82 bits per heavy atom. The second kappa shape index (κ2) is 4.00. The normalized spacial score (nSPS) is 11.9. The third kappa shape index (κ3) is 2.24. The summed E-state index contributed by atoms with van der Waals surface area (Å²) in [6, 6.07) is 5.42. The number of rotatable bonds is 3. The highest BCUT2D eigenvalue weighted by atomic mass is 32.1. The van der Waals surface area contributed by atoms with E-state index in [-0.39, 0.29) is 11.4 Å². The van der Waals surface area contributed by atoms with Crippen LogP contribution >= 0.6 is 11.3 Å². The largest absolute Gasteiger partial charge is 0.481 e. The standard InChI is InChI=1S/C12H12O4S/c1-12(2,6-9(13)14)7-4-3-5-8-10(7)16-11(15)17-8/h3-5H,6H2,1-2H3,(H,13,14). The van der Waals surface area contributed by atoms with Crippen LogP contribution in [0, 0.1) is 0 Å². The van der Waals surface area contributed by atoms with Gasteiger partial charge in [0.2, 0.25) is 0 Å². The van der Waals surface area contributed by atoms with Crippen LogP contribution < -0.4 is 4.94 Å². The van der Waals surface area contributed by atoms with E-state index in [9.17, 15) is 9.59 Å². The zero-order valence-electron chi connectivity index (χ0n) is 9.52. The van der Waals surface area contributed by atoms with E-state index in [0.717, 1.165) is 21.6 Å². The number of hydrogen-bond acceptors (Lipinski definition) is 4. The number of carboxylic acids is 1. The average molecular weight is 252 g/mol. The molecule has 1 aromatic heterocycles. The maximum absolute atomic E-state index is 11.2. The predicted octanol–water partition coefficient (Wildman–Crippen LogP) is 2.61. The summed E-state index contributed by atoms with van der Waals surface area (Å²) in [6.07, 6.45) is -0.00826. The Morgan fingerprint density at radius 2 is 2.18 bits per heavy atom. The van der Waals surface area contributed by atoms with Crippen LogP contribution in [0.5, 0.6) is 0 Å². The first-order valence-electron chi connectivity index (χ1n) is 5.15. The molecule has 2 rings (SSSR count). The molecule has 0 unspecified atom stereocenters. The monoisotopic (exact) mass is 252 g/mol. The molecule has 0 aliphatic heterocycles. The maximum atomic E-state index is 11.2. The van der Waals surface area contributed by atoms with E-state index in [1.807, 2.05) is 19.9 Å². The Morgan fingerprint density at radius 1 is 1.47 bits per heavy atom. The van der Waals surface area contributed by atoms with Gasteiger partial charge >= 0.3 is 10.9 Å². The van der Waals surface area contributed by atoms with Crippen LogP contribution in [0.3, 0.4) is 0 Å². The van der Waals surface area contributed by atoms with Gasteiger partial charge in [0.15, 0.2) is 5.58 Å². The summed E-state index contributed by atoms with van der Waals surface area (Å²) < 4.78 is 5.89. The van der Waals surface area contributed by atoms with Crippen molar-refractivity contribution in [3.8, 4) is 0 Å². The van der Waals surface area contributed by atoms with Gasteiger partial charge in [-0.3, -0.25) is 4.79 Å². The van der Waals surface area contributed by atoms with E-state index >= 15 is 0 Å². The molecule has 90 valence electrons. The van der Waals surface area contributed by atoms with Crippen molar-refractivity contribution < 1.29 is 14.3 Å². The van der Waals surface area contributed by atoms with E-state index < -0.39 is 11.4 Å². The van der Waals surface area contributed by atoms with Crippen molar-refractivity contribution in [2.45, 2.75) is 25.7 Å². The Labute approximate surface area is 102 Å². The molecule has 2 aromatic rings. The topological polar surface area (TPSA) is 67.5 Å². The number of hydrogen-bond donors (Lipinski definition) is 1. The van der Waals surface area contributed by atoms with Crippen molar-refractivity contribution in [2.75, 3.05) is 0 Å². The lowest BCUT2D eigenvalue weighted by Gasteiger charge is -2.22. The van der Waals surface area contributed by atoms with E-state index in [1.54, 1.807) is 12.1 Å².